The third-order valence-corrected chi connectivity index (χ3v) is 6.11. The SMILES string of the molecule is CC(=CCCCOC(CO)C(O)CO)CCCC(C)CCCC(C)CCCC(C)C. The molecule has 0 aromatic carbocycles. The van der Waals surface area contributed by atoms with Crippen molar-refractivity contribution >= 4 is 0 Å². The number of aliphatic hydroxyl groups is 3. The van der Waals surface area contributed by atoms with Crippen LogP contribution in [0, 0.1) is 17.8 Å². The van der Waals surface area contributed by atoms with Crippen LogP contribution >= 0.6 is 0 Å². The molecular weight excluding hydrogens is 376 g/mol. The maximum atomic E-state index is 9.49. The highest BCUT2D eigenvalue weighted by Gasteiger charge is 2.17. The molecule has 0 fully saturated rings. The van der Waals surface area contributed by atoms with E-state index in [2.05, 4.69) is 40.7 Å². The van der Waals surface area contributed by atoms with E-state index in [9.17, 15) is 5.11 Å². The summed E-state index contributed by atoms with van der Waals surface area (Å²) in [5.74, 6) is 2.54. The van der Waals surface area contributed by atoms with Crippen LogP contribution in [0.25, 0.3) is 0 Å². The zero-order chi connectivity index (χ0) is 22.8. The van der Waals surface area contributed by atoms with E-state index < -0.39 is 12.2 Å². The van der Waals surface area contributed by atoms with Gasteiger partial charge in [0.05, 0.1) is 13.2 Å². The molecule has 30 heavy (non-hydrogen) atoms. The van der Waals surface area contributed by atoms with Crippen molar-refractivity contribution in [2.45, 2.75) is 117 Å². The van der Waals surface area contributed by atoms with Crippen molar-refractivity contribution in [3.8, 4) is 0 Å². The summed E-state index contributed by atoms with van der Waals surface area (Å²) in [6, 6.07) is 0. The Balaban J connectivity index is 3.73. The number of hydrogen-bond donors (Lipinski definition) is 3. The summed E-state index contributed by atoms with van der Waals surface area (Å²) in [5.41, 5.74) is 1.44. The topological polar surface area (TPSA) is 69.9 Å². The maximum Gasteiger partial charge on any atom is 0.109 e. The minimum atomic E-state index is -1.01. The molecule has 0 bridgehead atoms. The summed E-state index contributed by atoms with van der Waals surface area (Å²) in [6.07, 6.45) is 14.4. The normalized spacial score (nSPS) is 16.6. The molecule has 4 nitrogen and oxygen atoms in total. The summed E-state index contributed by atoms with van der Waals surface area (Å²) in [6.45, 7) is 11.5. The summed E-state index contributed by atoms with van der Waals surface area (Å²) in [5, 5.41) is 27.5. The largest absolute Gasteiger partial charge is 0.394 e. The molecule has 0 amide bonds. The van der Waals surface area contributed by atoms with Crippen molar-refractivity contribution in [3.63, 3.8) is 0 Å². The molecule has 4 atom stereocenters. The molecule has 0 heterocycles. The van der Waals surface area contributed by atoms with Gasteiger partial charge in [0, 0.05) is 6.61 Å². The highest BCUT2D eigenvalue weighted by atomic mass is 16.5. The van der Waals surface area contributed by atoms with Gasteiger partial charge in [-0.15, -0.1) is 0 Å². The second kappa shape index (κ2) is 19.3. The van der Waals surface area contributed by atoms with Crippen molar-refractivity contribution in [3.05, 3.63) is 11.6 Å². The van der Waals surface area contributed by atoms with Gasteiger partial charge in [0.2, 0.25) is 0 Å². The fourth-order valence-corrected chi connectivity index (χ4v) is 3.88. The molecule has 0 saturated heterocycles. The van der Waals surface area contributed by atoms with Crippen LogP contribution in [-0.4, -0.2) is 47.3 Å². The Hall–Kier alpha value is -0.420. The maximum absolute atomic E-state index is 9.49. The van der Waals surface area contributed by atoms with Gasteiger partial charge in [0.15, 0.2) is 0 Å². The zero-order valence-electron chi connectivity index (χ0n) is 20.6. The fourth-order valence-electron chi connectivity index (χ4n) is 3.88. The van der Waals surface area contributed by atoms with Gasteiger partial charge in [-0.2, -0.15) is 0 Å². The molecule has 4 unspecified atom stereocenters. The van der Waals surface area contributed by atoms with Crippen LogP contribution in [0.4, 0.5) is 0 Å². The smallest absolute Gasteiger partial charge is 0.109 e. The Labute approximate surface area is 187 Å². The highest BCUT2D eigenvalue weighted by molar-refractivity contribution is 4.97. The summed E-state index contributed by atoms with van der Waals surface area (Å²) in [7, 11) is 0. The second-order valence-corrected chi connectivity index (χ2v) is 9.89. The van der Waals surface area contributed by atoms with E-state index in [0.717, 1.165) is 30.6 Å². The zero-order valence-corrected chi connectivity index (χ0v) is 20.6. The third-order valence-electron chi connectivity index (χ3n) is 6.11. The lowest BCUT2D eigenvalue weighted by atomic mass is 9.91. The Kier molecular flexibility index (Phi) is 19.0. The number of hydrogen-bond acceptors (Lipinski definition) is 4. The van der Waals surface area contributed by atoms with Crippen LogP contribution in [0.2, 0.25) is 0 Å². The Morgan fingerprint density at radius 3 is 1.90 bits per heavy atom. The van der Waals surface area contributed by atoms with Crippen LogP contribution < -0.4 is 0 Å². The first-order valence-electron chi connectivity index (χ1n) is 12.5. The van der Waals surface area contributed by atoms with Crippen molar-refractivity contribution in [1.29, 1.82) is 0 Å². The number of rotatable bonds is 20. The lowest BCUT2D eigenvalue weighted by Crippen LogP contribution is -2.35. The lowest BCUT2D eigenvalue weighted by Gasteiger charge is -2.19. The van der Waals surface area contributed by atoms with Gasteiger partial charge in [-0.1, -0.05) is 84.3 Å². The van der Waals surface area contributed by atoms with Gasteiger partial charge in [-0.25, -0.2) is 0 Å². The number of allylic oxidation sites excluding steroid dienone is 2. The van der Waals surface area contributed by atoms with E-state index >= 15 is 0 Å². The van der Waals surface area contributed by atoms with Crippen molar-refractivity contribution < 1.29 is 20.1 Å². The Morgan fingerprint density at radius 2 is 1.37 bits per heavy atom. The lowest BCUT2D eigenvalue weighted by molar-refractivity contribution is -0.0797. The van der Waals surface area contributed by atoms with E-state index in [-0.39, 0.29) is 13.2 Å². The average molecular weight is 429 g/mol. The first kappa shape index (κ1) is 29.6. The van der Waals surface area contributed by atoms with Crippen molar-refractivity contribution in [1.82, 2.24) is 0 Å². The van der Waals surface area contributed by atoms with Crippen LogP contribution in [0.3, 0.4) is 0 Å². The minimum Gasteiger partial charge on any atom is -0.394 e. The van der Waals surface area contributed by atoms with Gasteiger partial charge < -0.3 is 20.1 Å². The number of aliphatic hydroxyl groups excluding tert-OH is 3. The molecule has 0 rings (SSSR count). The summed E-state index contributed by atoms with van der Waals surface area (Å²) >= 11 is 0. The molecule has 0 aliphatic rings. The first-order chi connectivity index (χ1) is 14.3. The van der Waals surface area contributed by atoms with E-state index in [0.29, 0.717) is 6.61 Å². The summed E-state index contributed by atoms with van der Waals surface area (Å²) in [4.78, 5) is 0. The molecule has 0 aromatic rings. The van der Waals surface area contributed by atoms with Crippen molar-refractivity contribution in [2.75, 3.05) is 19.8 Å². The third kappa shape index (κ3) is 17.3. The minimum absolute atomic E-state index is 0.272. The molecule has 4 heteroatoms. The van der Waals surface area contributed by atoms with Crippen LogP contribution in [-0.2, 0) is 4.74 Å². The van der Waals surface area contributed by atoms with Crippen LogP contribution in [0.1, 0.15) is 105 Å². The molecule has 0 aliphatic heterocycles. The number of unbranched alkanes of at least 4 members (excludes halogenated alkanes) is 1. The van der Waals surface area contributed by atoms with Crippen molar-refractivity contribution in [2.24, 2.45) is 17.8 Å². The summed E-state index contributed by atoms with van der Waals surface area (Å²) < 4.78 is 5.44. The van der Waals surface area contributed by atoms with E-state index in [1.807, 2.05) is 0 Å². The van der Waals surface area contributed by atoms with Gasteiger partial charge in [0.1, 0.15) is 12.2 Å². The van der Waals surface area contributed by atoms with Gasteiger partial charge in [-0.3, -0.25) is 0 Å². The standard InChI is InChI=1S/C26H52O4/c1-21(2)11-8-13-23(4)15-10-17-24(5)16-9-14-22(3)12-6-7-18-30-26(20-28)25(29)19-27/h12,21,23-29H,6-11,13-20H2,1-5H3. The number of ether oxygens (including phenoxy) is 1. The molecule has 0 saturated carbocycles. The van der Waals surface area contributed by atoms with E-state index in [1.54, 1.807) is 0 Å². The second-order valence-electron chi connectivity index (χ2n) is 9.89. The average Bonchev–Trinajstić information content (AvgIpc) is 2.69. The van der Waals surface area contributed by atoms with Crippen LogP contribution in [0.5, 0.6) is 0 Å². The molecule has 0 radical (unpaired) electrons. The first-order valence-corrected chi connectivity index (χ1v) is 12.5. The van der Waals surface area contributed by atoms with E-state index in [1.165, 1.54) is 63.4 Å². The molecule has 0 aliphatic carbocycles. The van der Waals surface area contributed by atoms with E-state index in [4.69, 9.17) is 14.9 Å². The Bertz CT molecular complexity index is 408. The molecule has 3 N–H and O–H groups in total. The molecule has 180 valence electrons. The fraction of sp³-hybridized carbons (Fsp3) is 0.923. The molecule has 0 spiro atoms. The predicted molar refractivity (Wildman–Crippen MR) is 128 cm³/mol. The molecule has 0 aromatic heterocycles. The quantitative estimate of drug-likeness (QED) is 0.167. The van der Waals surface area contributed by atoms with Gasteiger partial charge in [0.25, 0.3) is 0 Å². The Morgan fingerprint density at radius 1 is 0.800 bits per heavy atom. The van der Waals surface area contributed by atoms with Gasteiger partial charge in [-0.05, 0) is 50.4 Å². The van der Waals surface area contributed by atoms with Gasteiger partial charge >= 0.3 is 0 Å². The highest BCUT2D eigenvalue weighted by Crippen LogP contribution is 2.22. The van der Waals surface area contributed by atoms with Crippen LogP contribution in [0.15, 0.2) is 11.6 Å². The monoisotopic (exact) mass is 428 g/mol. The predicted octanol–water partition coefficient (Wildman–Crippen LogP) is 5.88. The molecular formula is C26H52O4.